The van der Waals surface area contributed by atoms with E-state index >= 15 is 0 Å². The van der Waals surface area contributed by atoms with E-state index in [2.05, 4.69) is 11.4 Å². The van der Waals surface area contributed by atoms with Crippen LogP contribution in [0.1, 0.15) is 18.4 Å². The maximum atomic E-state index is 6.02. The largest absolute Gasteiger partial charge is 0.495 e. The molecule has 1 unspecified atom stereocenters. The minimum Gasteiger partial charge on any atom is -0.495 e. The number of hydrogen-bond acceptors (Lipinski definition) is 3. The van der Waals surface area contributed by atoms with Gasteiger partial charge >= 0.3 is 0 Å². The first-order valence-electron chi connectivity index (χ1n) is 5.46. The number of hydrogen-bond donors (Lipinski definition) is 2. The van der Waals surface area contributed by atoms with Crippen molar-refractivity contribution in [1.82, 2.24) is 5.32 Å². The van der Waals surface area contributed by atoms with Crippen molar-refractivity contribution in [3.63, 3.8) is 0 Å². The van der Waals surface area contributed by atoms with E-state index in [1.54, 1.807) is 7.11 Å². The Balaban J connectivity index is 2.13. The number of para-hydroxylation sites is 1. The smallest absolute Gasteiger partial charge is 0.142 e. The van der Waals surface area contributed by atoms with Crippen LogP contribution in [-0.4, -0.2) is 19.7 Å². The molecule has 3 heteroatoms. The topological polar surface area (TPSA) is 47.3 Å². The Morgan fingerprint density at radius 1 is 1.53 bits per heavy atom. The molecule has 1 aliphatic heterocycles. The lowest BCUT2D eigenvalue weighted by Gasteiger charge is -2.14. The van der Waals surface area contributed by atoms with Gasteiger partial charge in [0.05, 0.1) is 12.8 Å². The van der Waals surface area contributed by atoms with E-state index in [9.17, 15) is 0 Å². The standard InChI is InChI=1S/C12H18N2O/c1-15-11-6-2-4-9(12(11)13)8-10-5-3-7-14-10/h2,4,6,10,14H,3,5,7-8,13H2,1H3. The van der Waals surface area contributed by atoms with E-state index in [1.807, 2.05) is 12.1 Å². The maximum Gasteiger partial charge on any atom is 0.142 e. The summed E-state index contributed by atoms with van der Waals surface area (Å²) in [6.45, 7) is 1.13. The molecule has 2 rings (SSSR count). The summed E-state index contributed by atoms with van der Waals surface area (Å²) < 4.78 is 5.20. The number of nitrogen functional groups attached to an aromatic ring is 1. The third-order valence-corrected chi connectivity index (χ3v) is 3.01. The van der Waals surface area contributed by atoms with Gasteiger partial charge < -0.3 is 15.8 Å². The Kier molecular flexibility index (Phi) is 3.11. The van der Waals surface area contributed by atoms with Crippen molar-refractivity contribution in [2.75, 3.05) is 19.4 Å². The van der Waals surface area contributed by atoms with Crippen molar-refractivity contribution in [2.45, 2.75) is 25.3 Å². The molecule has 0 amide bonds. The molecule has 0 aromatic heterocycles. The van der Waals surface area contributed by atoms with E-state index in [-0.39, 0.29) is 0 Å². The average Bonchev–Trinajstić information content (AvgIpc) is 2.74. The highest BCUT2D eigenvalue weighted by atomic mass is 16.5. The summed E-state index contributed by atoms with van der Waals surface area (Å²) in [5, 5.41) is 3.47. The highest BCUT2D eigenvalue weighted by Gasteiger charge is 2.16. The van der Waals surface area contributed by atoms with Gasteiger partial charge in [-0.2, -0.15) is 0 Å². The molecule has 3 nitrogen and oxygen atoms in total. The summed E-state index contributed by atoms with van der Waals surface area (Å²) in [4.78, 5) is 0. The molecular formula is C12H18N2O. The molecule has 1 aliphatic rings. The number of nitrogens with two attached hydrogens (primary N) is 1. The van der Waals surface area contributed by atoms with Gasteiger partial charge in [-0.05, 0) is 37.4 Å². The molecule has 82 valence electrons. The van der Waals surface area contributed by atoms with E-state index in [1.165, 1.54) is 18.4 Å². The number of methoxy groups -OCH3 is 1. The summed E-state index contributed by atoms with van der Waals surface area (Å²) >= 11 is 0. The van der Waals surface area contributed by atoms with Crippen LogP contribution in [-0.2, 0) is 6.42 Å². The van der Waals surface area contributed by atoms with E-state index < -0.39 is 0 Å². The number of ether oxygens (including phenoxy) is 1. The minimum absolute atomic E-state index is 0.583. The van der Waals surface area contributed by atoms with E-state index in [0.717, 1.165) is 24.4 Å². The number of rotatable bonds is 3. The zero-order valence-corrected chi connectivity index (χ0v) is 9.12. The van der Waals surface area contributed by atoms with Crippen molar-refractivity contribution in [3.05, 3.63) is 23.8 Å². The van der Waals surface area contributed by atoms with Gasteiger partial charge in [0, 0.05) is 6.04 Å². The first kappa shape index (κ1) is 10.3. The summed E-state index contributed by atoms with van der Waals surface area (Å²) in [6.07, 6.45) is 3.52. The van der Waals surface area contributed by atoms with Gasteiger partial charge in [0.1, 0.15) is 5.75 Å². The normalized spacial score (nSPS) is 20.5. The first-order valence-corrected chi connectivity index (χ1v) is 5.46. The molecule has 0 saturated carbocycles. The lowest BCUT2D eigenvalue weighted by molar-refractivity contribution is 0.416. The Hall–Kier alpha value is -1.22. The third-order valence-electron chi connectivity index (χ3n) is 3.01. The second-order valence-corrected chi connectivity index (χ2v) is 4.03. The van der Waals surface area contributed by atoms with Gasteiger partial charge in [-0.15, -0.1) is 0 Å². The molecule has 0 aliphatic carbocycles. The molecule has 1 aromatic carbocycles. The molecule has 3 N–H and O–H groups in total. The Labute approximate surface area is 90.6 Å². The predicted octanol–water partition coefficient (Wildman–Crippen LogP) is 1.57. The van der Waals surface area contributed by atoms with Crippen LogP contribution in [0.25, 0.3) is 0 Å². The number of benzene rings is 1. The zero-order chi connectivity index (χ0) is 10.7. The molecule has 15 heavy (non-hydrogen) atoms. The molecule has 1 fully saturated rings. The molecule has 1 atom stereocenters. The van der Waals surface area contributed by atoms with Crippen molar-refractivity contribution in [1.29, 1.82) is 0 Å². The van der Waals surface area contributed by atoms with Gasteiger partial charge in [-0.1, -0.05) is 12.1 Å². The second kappa shape index (κ2) is 4.53. The predicted molar refractivity (Wildman–Crippen MR) is 62.1 cm³/mol. The molecule has 1 aromatic rings. The second-order valence-electron chi connectivity index (χ2n) is 4.03. The van der Waals surface area contributed by atoms with Crippen LogP contribution in [0.3, 0.4) is 0 Å². The molecular weight excluding hydrogens is 188 g/mol. The minimum atomic E-state index is 0.583. The molecule has 1 saturated heterocycles. The fraction of sp³-hybridized carbons (Fsp3) is 0.500. The fourth-order valence-electron chi connectivity index (χ4n) is 2.14. The van der Waals surface area contributed by atoms with Gasteiger partial charge in [0.15, 0.2) is 0 Å². The summed E-state index contributed by atoms with van der Waals surface area (Å²) in [5.74, 6) is 0.783. The highest BCUT2D eigenvalue weighted by Crippen LogP contribution is 2.26. The van der Waals surface area contributed by atoms with Crippen LogP contribution in [0, 0.1) is 0 Å². The van der Waals surface area contributed by atoms with Crippen LogP contribution in [0.15, 0.2) is 18.2 Å². The molecule has 1 heterocycles. The van der Waals surface area contributed by atoms with Gasteiger partial charge in [-0.3, -0.25) is 0 Å². The van der Waals surface area contributed by atoms with Crippen LogP contribution in [0.4, 0.5) is 5.69 Å². The number of anilines is 1. The van der Waals surface area contributed by atoms with E-state index in [0.29, 0.717) is 6.04 Å². The Morgan fingerprint density at radius 3 is 3.07 bits per heavy atom. The number of nitrogens with one attached hydrogen (secondary N) is 1. The lowest BCUT2D eigenvalue weighted by Crippen LogP contribution is -2.24. The molecule has 0 radical (unpaired) electrons. The van der Waals surface area contributed by atoms with E-state index in [4.69, 9.17) is 10.5 Å². The Morgan fingerprint density at radius 2 is 2.40 bits per heavy atom. The molecule has 0 bridgehead atoms. The van der Waals surface area contributed by atoms with Crippen molar-refractivity contribution in [2.24, 2.45) is 0 Å². The fourth-order valence-corrected chi connectivity index (χ4v) is 2.14. The lowest BCUT2D eigenvalue weighted by atomic mass is 10.0. The summed E-state index contributed by atoms with van der Waals surface area (Å²) in [5.41, 5.74) is 7.99. The highest BCUT2D eigenvalue weighted by molar-refractivity contribution is 5.58. The van der Waals surface area contributed by atoms with Gasteiger partial charge in [-0.25, -0.2) is 0 Å². The Bertz CT molecular complexity index is 332. The van der Waals surface area contributed by atoms with Crippen LogP contribution in [0.5, 0.6) is 5.75 Å². The van der Waals surface area contributed by atoms with Gasteiger partial charge in [0.2, 0.25) is 0 Å². The summed E-state index contributed by atoms with van der Waals surface area (Å²) in [6, 6.07) is 6.57. The van der Waals surface area contributed by atoms with Crippen molar-refractivity contribution < 1.29 is 4.74 Å². The van der Waals surface area contributed by atoms with Crippen LogP contribution in [0.2, 0.25) is 0 Å². The third kappa shape index (κ3) is 2.23. The average molecular weight is 206 g/mol. The van der Waals surface area contributed by atoms with Crippen molar-refractivity contribution in [3.8, 4) is 5.75 Å². The summed E-state index contributed by atoms with van der Waals surface area (Å²) in [7, 11) is 1.66. The molecule has 0 spiro atoms. The maximum absolute atomic E-state index is 6.02. The van der Waals surface area contributed by atoms with Crippen molar-refractivity contribution >= 4 is 5.69 Å². The van der Waals surface area contributed by atoms with Crippen LogP contribution < -0.4 is 15.8 Å². The quantitative estimate of drug-likeness (QED) is 0.738. The van der Waals surface area contributed by atoms with Crippen LogP contribution >= 0.6 is 0 Å². The van der Waals surface area contributed by atoms with Gasteiger partial charge in [0.25, 0.3) is 0 Å². The SMILES string of the molecule is COc1cccc(CC2CCCN2)c1N. The monoisotopic (exact) mass is 206 g/mol. The zero-order valence-electron chi connectivity index (χ0n) is 9.12. The first-order chi connectivity index (χ1) is 7.31.